The minimum absolute atomic E-state index is 0.944. The molecule has 0 aliphatic rings. The second-order valence-electron chi connectivity index (χ2n) is 1.10. The molecule has 0 radical (unpaired) electrons. The van der Waals surface area contributed by atoms with E-state index in [0.717, 1.165) is 5.75 Å². The summed E-state index contributed by atoms with van der Waals surface area (Å²) >= 11 is 5.75. The summed E-state index contributed by atoms with van der Waals surface area (Å²) in [7, 11) is 0. The van der Waals surface area contributed by atoms with Crippen molar-refractivity contribution >= 4 is 24.4 Å². The Morgan fingerprint density at radius 1 is 1.12 bits per heavy atom. The van der Waals surface area contributed by atoms with Gasteiger partial charge in [-0.15, -0.1) is 0 Å². The van der Waals surface area contributed by atoms with Gasteiger partial charge >= 0.3 is 0 Å². The van der Waals surface area contributed by atoms with Crippen molar-refractivity contribution in [2.75, 3.05) is 17.3 Å². The summed E-state index contributed by atoms with van der Waals surface area (Å²) in [5.74, 6) is 3.47. The van der Waals surface area contributed by atoms with Crippen LogP contribution in [0.25, 0.3) is 0 Å². The molecule has 0 aromatic heterocycles. The van der Waals surface area contributed by atoms with E-state index >= 15 is 0 Å². The van der Waals surface area contributed by atoms with Crippen LogP contribution in [0, 0.1) is 0 Å². The quantitative estimate of drug-likeness (QED) is 0.594. The van der Waals surface area contributed by atoms with Crippen molar-refractivity contribution in [3.63, 3.8) is 0 Å². The van der Waals surface area contributed by atoms with Gasteiger partial charge in [-0.05, 0) is 17.3 Å². The molecular weight excluding hydrogens is 136 g/mol. The minimum atomic E-state index is 0.944. The van der Waals surface area contributed by atoms with E-state index in [9.17, 15) is 0 Å². The van der Waals surface area contributed by atoms with E-state index in [4.69, 9.17) is 0 Å². The third-order valence-electron chi connectivity index (χ3n) is 0.408. The maximum atomic E-state index is 3.79. The first-order valence-corrected chi connectivity index (χ1v) is 4.80. The topological polar surface area (TPSA) is 0 Å². The molecule has 0 amide bonds. The van der Waals surface area contributed by atoms with Gasteiger partial charge in [0.1, 0.15) is 0 Å². The van der Waals surface area contributed by atoms with Crippen LogP contribution in [-0.2, 0) is 0 Å². The first-order chi connectivity index (χ1) is 3.83. The van der Waals surface area contributed by atoms with Crippen LogP contribution < -0.4 is 0 Å². The third-order valence-corrected chi connectivity index (χ3v) is 1.22. The van der Waals surface area contributed by atoms with Crippen molar-refractivity contribution in [3.05, 3.63) is 0 Å². The number of thioether (sulfide) groups is 1. The van der Waals surface area contributed by atoms with Crippen LogP contribution in [0.3, 0.4) is 0 Å². The lowest BCUT2D eigenvalue weighted by Gasteiger charge is -1.80. The Morgan fingerprint density at radius 2 is 1.38 bits per heavy atom. The summed E-state index contributed by atoms with van der Waals surface area (Å²) in [6.45, 7) is 6.34. The molecule has 8 heavy (non-hydrogen) atoms. The van der Waals surface area contributed by atoms with E-state index in [1.165, 1.54) is 11.5 Å². The fraction of sp³-hybridized carbons (Fsp3) is 1.00. The predicted octanol–water partition coefficient (Wildman–Crippen LogP) is 2.70. The second kappa shape index (κ2) is 15.6. The zero-order valence-corrected chi connectivity index (χ0v) is 7.69. The lowest BCUT2D eigenvalue weighted by atomic mass is 11.0. The van der Waals surface area contributed by atoms with Gasteiger partial charge in [-0.25, -0.2) is 0 Å². The Morgan fingerprint density at radius 3 is 1.38 bits per heavy atom. The summed E-state index contributed by atoms with van der Waals surface area (Å²) in [5, 5.41) is 0. The van der Waals surface area contributed by atoms with Gasteiger partial charge in [0.25, 0.3) is 0 Å². The molecule has 0 atom stereocenters. The van der Waals surface area contributed by atoms with Gasteiger partial charge in [0.05, 0.1) is 0 Å². The van der Waals surface area contributed by atoms with Crippen molar-refractivity contribution < 1.29 is 0 Å². The van der Waals surface area contributed by atoms with Gasteiger partial charge in [-0.1, -0.05) is 20.8 Å². The van der Waals surface area contributed by atoms with Crippen LogP contribution in [0.2, 0.25) is 0 Å². The first-order valence-electron chi connectivity index (χ1n) is 3.01. The van der Waals surface area contributed by atoms with Crippen LogP contribution in [-0.4, -0.2) is 17.3 Å². The number of hydrogen-bond donors (Lipinski definition) is 1. The Labute approximate surface area is 62.8 Å². The standard InChI is InChI=1S/C4H10S.C2H6S/c1-3-5-4-2;1-2-3/h3-4H2,1-2H3;3H,2H2,1H3. The molecule has 0 aromatic carbocycles. The average molecular weight is 152 g/mol. The fourth-order valence-electron chi connectivity index (χ4n) is 0.204. The smallest absolute Gasteiger partial charge is 0.00961 e. The van der Waals surface area contributed by atoms with Gasteiger partial charge in [-0.2, -0.15) is 24.4 Å². The Hall–Kier alpha value is 0.700. The van der Waals surface area contributed by atoms with E-state index in [1.54, 1.807) is 0 Å². The van der Waals surface area contributed by atoms with Crippen LogP contribution in [0.1, 0.15) is 20.8 Å². The number of thiol groups is 1. The lowest BCUT2D eigenvalue weighted by Crippen LogP contribution is -1.64. The van der Waals surface area contributed by atoms with Gasteiger partial charge < -0.3 is 0 Å². The largest absolute Gasteiger partial charge is 0.180 e. The molecule has 0 N–H and O–H groups in total. The van der Waals surface area contributed by atoms with Crippen molar-refractivity contribution in [1.29, 1.82) is 0 Å². The summed E-state index contributed by atoms with van der Waals surface area (Å²) in [5.41, 5.74) is 0. The van der Waals surface area contributed by atoms with Crippen LogP contribution in [0.4, 0.5) is 0 Å². The summed E-state index contributed by atoms with van der Waals surface area (Å²) < 4.78 is 0. The Kier molecular flexibility index (Phi) is 22.5. The molecule has 0 nitrogen and oxygen atoms in total. The highest BCUT2D eigenvalue weighted by atomic mass is 32.2. The van der Waals surface area contributed by atoms with E-state index in [1.807, 2.05) is 18.7 Å². The molecule has 0 aromatic rings. The van der Waals surface area contributed by atoms with E-state index in [0.29, 0.717) is 0 Å². The molecule has 0 rings (SSSR count). The molecule has 0 bridgehead atoms. The monoisotopic (exact) mass is 152 g/mol. The van der Waals surface area contributed by atoms with Crippen molar-refractivity contribution in [2.24, 2.45) is 0 Å². The van der Waals surface area contributed by atoms with Crippen LogP contribution in [0.5, 0.6) is 0 Å². The third kappa shape index (κ3) is 29.9. The molecule has 0 aliphatic heterocycles. The van der Waals surface area contributed by atoms with E-state index < -0.39 is 0 Å². The molecule has 0 fully saturated rings. The number of rotatable bonds is 2. The minimum Gasteiger partial charge on any atom is -0.180 e. The molecule has 2 heteroatoms. The molecule has 52 valence electrons. The van der Waals surface area contributed by atoms with E-state index in [2.05, 4.69) is 26.5 Å². The molecule has 0 aliphatic carbocycles. The van der Waals surface area contributed by atoms with Gasteiger partial charge in [0.15, 0.2) is 0 Å². The predicted molar refractivity (Wildman–Crippen MR) is 48.2 cm³/mol. The SMILES string of the molecule is CCS.CCSCC. The molecule has 0 saturated carbocycles. The first kappa shape index (κ1) is 11.5. The molecular formula is C6H16S2. The summed E-state index contributed by atoms with van der Waals surface area (Å²) in [6, 6.07) is 0. The maximum absolute atomic E-state index is 3.79. The van der Waals surface area contributed by atoms with Crippen molar-refractivity contribution in [2.45, 2.75) is 20.8 Å². The number of hydrogen-bond acceptors (Lipinski definition) is 2. The lowest BCUT2D eigenvalue weighted by molar-refractivity contribution is 1.46. The van der Waals surface area contributed by atoms with Crippen molar-refractivity contribution in [1.82, 2.24) is 0 Å². The average Bonchev–Trinajstić information content (AvgIpc) is 1.71. The van der Waals surface area contributed by atoms with Crippen LogP contribution in [0.15, 0.2) is 0 Å². The van der Waals surface area contributed by atoms with Crippen LogP contribution >= 0.6 is 24.4 Å². The molecule has 0 unspecified atom stereocenters. The molecule has 0 saturated heterocycles. The zero-order chi connectivity index (χ0) is 6.83. The summed E-state index contributed by atoms with van der Waals surface area (Å²) in [4.78, 5) is 0. The van der Waals surface area contributed by atoms with Gasteiger partial charge in [-0.3, -0.25) is 0 Å². The highest BCUT2D eigenvalue weighted by molar-refractivity contribution is 7.99. The second-order valence-corrected chi connectivity index (χ2v) is 3.29. The highest BCUT2D eigenvalue weighted by Gasteiger charge is 1.67. The van der Waals surface area contributed by atoms with Crippen molar-refractivity contribution in [3.8, 4) is 0 Å². The highest BCUT2D eigenvalue weighted by Crippen LogP contribution is 1.93. The van der Waals surface area contributed by atoms with E-state index in [-0.39, 0.29) is 0 Å². The zero-order valence-electron chi connectivity index (χ0n) is 5.98. The van der Waals surface area contributed by atoms with Gasteiger partial charge in [0.2, 0.25) is 0 Å². The normalized spacial score (nSPS) is 7.50. The fourth-order valence-corrected chi connectivity index (χ4v) is 0.612. The van der Waals surface area contributed by atoms with Gasteiger partial charge in [0, 0.05) is 0 Å². The maximum Gasteiger partial charge on any atom is -0.00961 e. The molecule has 0 heterocycles. The Balaban J connectivity index is 0. The Bertz CT molecular complexity index is 20.5. The molecule has 0 spiro atoms. The summed E-state index contributed by atoms with van der Waals surface area (Å²) in [6.07, 6.45) is 0.